The predicted octanol–water partition coefficient (Wildman–Crippen LogP) is 1.47. The van der Waals surface area contributed by atoms with Gasteiger partial charge in [0.05, 0.1) is 12.8 Å². The van der Waals surface area contributed by atoms with Gasteiger partial charge in [0.15, 0.2) is 5.03 Å². The monoisotopic (exact) mass is 279 g/mol. The lowest BCUT2D eigenvalue weighted by Crippen LogP contribution is -2.16. The molecule has 100 valence electrons. The lowest BCUT2D eigenvalue weighted by molar-refractivity contribution is 0.415. The molecule has 1 aromatic heterocycles. The zero-order chi connectivity index (χ0) is 13.9. The van der Waals surface area contributed by atoms with Crippen LogP contribution in [0.5, 0.6) is 5.75 Å². The van der Waals surface area contributed by atoms with Gasteiger partial charge in [0.2, 0.25) is 0 Å². The maximum atomic E-state index is 12.1. The third-order valence-electron chi connectivity index (χ3n) is 2.40. The second-order valence-corrected chi connectivity index (χ2v) is 5.33. The summed E-state index contributed by atoms with van der Waals surface area (Å²) in [6.07, 6.45) is 1.37. The molecule has 2 aromatic rings. The highest BCUT2D eigenvalue weighted by atomic mass is 32.2. The molecule has 3 N–H and O–H groups in total. The lowest BCUT2D eigenvalue weighted by atomic mass is 10.3. The second kappa shape index (κ2) is 5.15. The second-order valence-electron chi connectivity index (χ2n) is 3.73. The van der Waals surface area contributed by atoms with Gasteiger partial charge in [0.1, 0.15) is 5.75 Å². The molecule has 7 heteroatoms. The highest BCUT2D eigenvalue weighted by Crippen LogP contribution is 2.20. The number of sulfonamides is 1. The average Bonchev–Trinajstić information content (AvgIpc) is 2.39. The van der Waals surface area contributed by atoms with E-state index in [-0.39, 0.29) is 10.7 Å². The zero-order valence-electron chi connectivity index (χ0n) is 10.2. The van der Waals surface area contributed by atoms with Crippen LogP contribution in [0.1, 0.15) is 0 Å². The van der Waals surface area contributed by atoms with Crippen molar-refractivity contribution in [1.29, 1.82) is 0 Å². The number of nitrogens with one attached hydrogen (secondary N) is 1. The summed E-state index contributed by atoms with van der Waals surface area (Å²) in [6, 6.07) is 9.54. The van der Waals surface area contributed by atoms with Gasteiger partial charge < -0.3 is 10.5 Å². The van der Waals surface area contributed by atoms with Crippen LogP contribution < -0.4 is 15.2 Å². The van der Waals surface area contributed by atoms with E-state index in [1.165, 1.54) is 19.4 Å². The Labute approximate surface area is 111 Å². The summed E-state index contributed by atoms with van der Waals surface area (Å²) in [7, 11) is -2.26. The SMILES string of the molecule is COc1ccc(NS(=O)(=O)c2ncccc2N)cc1. The van der Waals surface area contributed by atoms with Crippen LogP contribution in [0.4, 0.5) is 11.4 Å². The number of nitrogens with two attached hydrogens (primary N) is 1. The first-order valence-corrected chi connectivity index (χ1v) is 6.88. The van der Waals surface area contributed by atoms with E-state index in [9.17, 15) is 8.42 Å². The quantitative estimate of drug-likeness (QED) is 0.883. The van der Waals surface area contributed by atoms with Gasteiger partial charge in [-0.15, -0.1) is 0 Å². The maximum Gasteiger partial charge on any atom is 0.281 e. The molecule has 0 amide bonds. The molecular formula is C12H13N3O3S. The van der Waals surface area contributed by atoms with E-state index in [1.54, 1.807) is 30.3 Å². The molecule has 0 radical (unpaired) electrons. The van der Waals surface area contributed by atoms with Gasteiger partial charge >= 0.3 is 0 Å². The molecule has 0 spiro atoms. The van der Waals surface area contributed by atoms with Gasteiger partial charge in [0, 0.05) is 11.9 Å². The average molecular weight is 279 g/mol. The molecule has 0 bridgehead atoms. The fraction of sp³-hybridized carbons (Fsp3) is 0.0833. The van der Waals surface area contributed by atoms with Crippen LogP contribution in [0.25, 0.3) is 0 Å². The van der Waals surface area contributed by atoms with Crippen molar-refractivity contribution in [3.63, 3.8) is 0 Å². The van der Waals surface area contributed by atoms with E-state index in [2.05, 4.69) is 9.71 Å². The number of hydrogen-bond donors (Lipinski definition) is 2. The minimum atomic E-state index is -3.79. The van der Waals surface area contributed by atoms with Crippen molar-refractivity contribution in [3.8, 4) is 5.75 Å². The van der Waals surface area contributed by atoms with E-state index < -0.39 is 10.0 Å². The van der Waals surface area contributed by atoms with Crippen LogP contribution in [0.3, 0.4) is 0 Å². The Hall–Kier alpha value is -2.28. The fourth-order valence-electron chi connectivity index (χ4n) is 1.49. The van der Waals surface area contributed by atoms with Crippen LogP contribution in [-0.2, 0) is 10.0 Å². The molecule has 0 aliphatic carbocycles. The van der Waals surface area contributed by atoms with Gasteiger partial charge in [-0.2, -0.15) is 8.42 Å². The minimum Gasteiger partial charge on any atom is -0.497 e. The number of anilines is 2. The smallest absolute Gasteiger partial charge is 0.281 e. The largest absolute Gasteiger partial charge is 0.497 e. The Balaban J connectivity index is 2.28. The molecule has 0 atom stereocenters. The standard InChI is InChI=1S/C12H13N3O3S/c1-18-10-6-4-9(5-7-10)15-19(16,17)12-11(13)3-2-8-14-12/h2-8,15H,13H2,1H3. The molecule has 0 unspecified atom stereocenters. The number of pyridine rings is 1. The normalized spacial score (nSPS) is 11.0. The van der Waals surface area contributed by atoms with Crippen molar-refractivity contribution < 1.29 is 13.2 Å². The zero-order valence-corrected chi connectivity index (χ0v) is 11.0. The molecular weight excluding hydrogens is 266 g/mol. The number of rotatable bonds is 4. The number of ether oxygens (including phenoxy) is 1. The molecule has 19 heavy (non-hydrogen) atoms. The lowest BCUT2D eigenvalue weighted by Gasteiger charge is -2.09. The topological polar surface area (TPSA) is 94.3 Å². The van der Waals surface area contributed by atoms with Crippen molar-refractivity contribution >= 4 is 21.4 Å². The van der Waals surface area contributed by atoms with E-state index in [1.807, 2.05) is 0 Å². The van der Waals surface area contributed by atoms with Crippen molar-refractivity contribution in [2.75, 3.05) is 17.6 Å². The van der Waals surface area contributed by atoms with Crippen LogP contribution in [0.15, 0.2) is 47.6 Å². The Morgan fingerprint density at radius 3 is 2.47 bits per heavy atom. The Kier molecular flexibility index (Phi) is 3.57. The molecule has 1 heterocycles. The summed E-state index contributed by atoms with van der Waals surface area (Å²) in [5.41, 5.74) is 6.11. The summed E-state index contributed by atoms with van der Waals surface area (Å²) in [6.45, 7) is 0. The third-order valence-corrected chi connectivity index (χ3v) is 3.75. The van der Waals surface area contributed by atoms with Gasteiger partial charge in [0.25, 0.3) is 10.0 Å². The minimum absolute atomic E-state index is 0.100. The summed E-state index contributed by atoms with van der Waals surface area (Å²) in [5.74, 6) is 0.639. The fourth-order valence-corrected chi connectivity index (χ4v) is 2.61. The molecule has 0 aliphatic heterocycles. The van der Waals surface area contributed by atoms with Gasteiger partial charge in [-0.25, -0.2) is 4.98 Å². The first-order valence-electron chi connectivity index (χ1n) is 5.40. The van der Waals surface area contributed by atoms with E-state index in [4.69, 9.17) is 10.5 Å². The third kappa shape index (κ3) is 2.94. The summed E-state index contributed by atoms with van der Waals surface area (Å²) in [4.78, 5) is 3.78. The Bertz CT molecular complexity index is 669. The van der Waals surface area contributed by atoms with E-state index >= 15 is 0 Å². The summed E-state index contributed by atoms with van der Waals surface area (Å²) in [5, 5.41) is -0.189. The van der Waals surface area contributed by atoms with E-state index in [0.29, 0.717) is 11.4 Å². The first kappa shape index (κ1) is 13.2. The molecule has 6 nitrogen and oxygen atoms in total. The van der Waals surface area contributed by atoms with Crippen molar-refractivity contribution in [2.24, 2.45) is 0 Å². The predicted molar refractivity (Wildman–Crippen MR) is 72.5 cm³/mol. The summed E-state index contributed by atoms with van der Waals surface area (Å²) >= 11 is 0. The van der Waals surface area contributed by atoms with E-state index in [0.717, 1.165) is 0 Å². The van der Waals surface area contributed by atoms with Crippen LogP contribution in [-0.4, -0.2) is 20.5 Å². The van der Waals surface area contributed by atoms with Crippen molar-refractivity contribution in [3.05, 3.63) is 42.6 Å². The van der Waals surface area contributed by atoms with Crippen molar-refractivity contribution in [1.82, 2.24) is 4.98 Å². The Morgan fingerprint density at radius 1 is 1.21 bits per heavy atom. The number of nitrogens with zero attached hydrogens (tertiary/aromatic N) is 1. The highest BCUT2D eigenvalue weighted by Gasteiger charge is 2.18. The van der Waals surface area contributed by atoms with Gasteiger partial charge in [-0.05, 0) is 36.4 Å². The van der Waals surface area contributed by atoms with Crippen LogP contribution >= 0.6 is 0 Å². The Morgan fingerprint density at radius 2 is 1.89 bits per heavy atom. The molecule has 2 rings (SSSR count). The number of methoxy groups -OCH3 is 1. The molecule has 0 saturated heterocycles. The van der Waals surface area contributed by atoms with Crippen LogP contribution in [0, 0.1) is 0 Å². The first-order chi connectivity index (χ1) is 9.03. The van der Waals surface area contributed by atoms with Gasteiger partial charge in [-0.3, -0.25) is 4.72 Å². The number of aromatic nitrogens is 1. The van der Waals surface area contributed by atoms with Crippen molar-refractivity contribution in [2.45, 2.75) is 5.03 Å². The molecule has 1 aromatic carbocycles. The van der Waals surface area contributed by atoms with Crippen LogP contribution in [0.2, 0.25) is 0 Å². The molecule has 0 fully saturated rings. The van der Waals surface area contributed by atoms with Gasteiger partial charge in [-0.1, -0.05) is 0 Å². The molecule has 0 aliphatic rings. The summed E-state index contributed by atoms with van der Waals surface area (Å²) < 4.78 is 31.6. The number of benzene rings is 1. The highest BCUT2D eigenvalue weighted by molar-refractivity contribution is 7.92. The maximum absolute atomic E-state index is 12.1. The number of nitrogen functional groups attached to an aromatic ring is 1. The number of hydrogen-bond acceptors (Lipinski definition) is 5. The molecule has 0 saturated carbocycles.